The maximum atomic E-state index is 10.2. The number of phosphoric acid groups is 1. The van der Waals surface area contributed by atoms with Crippen LogP contribution in [-0.2, 0) is 4.57 Å². The standard InChI is InChI=1S/C6H6NO6P.K/c8-7(9)5-1-3-6(4-2-5)13-14(10,11)12;/h1-4H,(H2,10,11,12);/q;+1/p-1. The molecule has 9 heteroatoms. The van der Waals surface area contributed by atoms with Crippen LogP contribution in [0.3, 0.4) is 0 Å². The van der Waals surface area contributed by atoms with E-state index in [1.165, 1.54) is 0 Å². The second kappa shape index (κ2) is 6.07. The Balaban J connectivity index is 0.00000196. The van der Waals surface area contributed by atoms with Crippen molar-refractivity contribution in [2.24, 2.45) is 0 Å². The van der Waals surface area contributed by atoms with Crippen LogP contribution in [0.25, 0.3) is 0 Å². The maximum absolute atomic E-state index is 10.2. The fourth-order valence-corrected chi connectivity index (χ4v) is 1.15. The van der Waals surface area contributed by atoms with Gasteiger partial charge >= 0.3 is 59.2 Å². The minimum atomic E-state index is -4.85. The molecule has 15 heavy (non-hydrogen) atoms. The first kappa shape index (κ1) is 15.2. The van der Waals surface area contributed by atoms with Crippen molar-refractivity contribution in [2.75, 3.05) is 0 Å². The minimum Gasteiger partial charge on any atom is -0.746 e. The summed E-state index contributed by atoms with van der Waals surface area (Å²) < 4.78 is 14.3. The van der Waals surface area contributed by atoms with E-state index in [9.17, 15) is 19.6 Å². The van der Waals surface area contributed by atoms with Crippen molar-refractivity contribution >= 4 is 13.5 Å². The number of phosphoric ester groups is 1. The molecule has 0 spiro atoms. The Morgan fingerprint density at radius 2 is 1.80 bits per heavy atom. The molecule has 0 aliphatic carbocycles. The molecule has 1 N–H and O–H groups in total. The average molecular weight is 257 g/mol. The van der Waals surface area contributed by atoms with Crippen LogP contribution in [0.4, 0.5) is 5.69 Å². The summed E-state index contributed by atoms with van der Waals surface area (Å²) in [5.41, 5.74) is -0.198. The predicted octanol–water partition coefficient (Wildman–Crippen LogP) is -2.56. The van der Waals surface area contributed by atoms with Gasteiger partial charge in [0.25, 0.3) is 5.69 Å². The quantitative estimate of drug-likeness (QED) is 0.276. The predicted molar refractivity (Wildman–Crippen MR) is 43.5 cm³/mol. The number of non-ortho nitro benzene ring substituents is 1. The van der Waals surface area contributed by atoms with Crippen LogP contribution in [0.5, 0.6) is 5.75 Å². The second-order valence-corrected chi connectivity index (χ2v) is 3.43. The summed E-state index contributed by atoms with van der Waals surface area (Å²) in [6.07, 6.45) is 0. The van der Waals surface area contributed by atoms with Gasteiger partial charge in [-0.15, -0.1) is 0 Å². The number of nitrogens with zero attached hydrogens (tertiary/aromatic N) is 1. The fraction of sp³-hybridized carbons (Fsp3) is 0. The molecule has 0 aromatic heterocycles. The van der Waals surface area contributed by atoms with Gasteiger partial charge in [-0.2, -0.15) is 0 Å². The molecule has 0 saturated carbocycles. The summed E-state index contributed by atoms with van der Waals surface area (Å²) in [5.74, 6) is -0.184. The van der Waals surface area contributed by atoms with Crippen LogP contribution in [0.1, 0.15) is 0 Å². The molecular formula is C6H5KNO6P. The first-order valence-corrected chi connectivity index (χ1v) is 4.86. The third-order valence-electron chi connectivity index (χ3n) is 1.27. The number of benzene rings is 1. The summed E-state index contributed by atoms with van der Waals surface area (Å²) in [6.45, 7) is 0. The van der Waals surface area contributed by atoms with Gasteiger partial charge < -0.3 is 14.3 Å². The van der Waals surface area contributed by atoms with Gasteiger partial charge in [0.1, 0.15) is 5.75 Å². The van der Waals surface area contributed by atoms with Crippen molar-refractivity contribution in [1.82, 2.24) is 0 Å². The molecule has 0 aliphatic rings. The third kappa shape index (κ3) is 5.74. The fourth-order valence-electron chi connectivity index (χ4n) is 0.762. The van der Waals surface area contributed by atoms with Gasteiger partial charge in [0.2, 0.25) is 0 Å². The number of hydrogen-bond acceptors (Lipinski definition) is 5. The molecule has 0 aliphatic heterocycles. The Hall–Kier alpha value is 0.206. The Bertz CT molecular complexity index is 387. The van der Waals surface area contributed by atoms with Crippen LogP contribution in [-0.4, -0.2) is 9.82 Å². The van der Waals surface area contributed by atoms with Crippen LogP contribution in [0.15, 0.2) is 24.3 Å². The molecule has 0 amide bonds. The molecule has 0 fully saturated rings. The number of hydrogen-bond donors (Lipinski definition) is 1. The molecule has 1 aromatic rings. The number of rotatable bonds is 3. The zero-order valence-corrected chi connectivity index (χ0v) is 11.7. The van der Waals surface area contributed by atoms with Gasteiger partial charge in [0, 0.05) is 12.1 Å². The van der Waals surface area contributed by atoms with Crippen molar-refractivity contribution in [1.29, 1.82) is 0 Å². The second-order valence-electron chi connectivity index (χ2n) is 2.31. The topological polar surface area (TPSA) is 113 Å². The average Bonchev–Trinajstić information content (AvgIpc) is 2.02. The number of nitro benzene ring substituents is 1. The minimum absolute atomic E-state index is 0. The zero-order chi connectivity index (χ0) is 10.8. The SMILES string of the molecule is O=[N+]([O-])c1ccc(OP(=O)([O-])O)cc1.[K+]. The summed E-state index contributed by atoms with van der Waals surface area (Å²) >= 11 is 0. The van der Waals surface area contributed by atoms with Crippen molar-refractivity contribution < 1.29 is 75.2 Å². The molecule has 7 nitrogen and oxygen atoms in total. The molecule has 1 rings (SSSR count). The van der Waals surface area contributed by atoms with E-state index in [0.29, 0.717) is 0 Å². The van der Waals surface area contributed by atoms with Crippen molar-refractivity contribution in [2.45, 2.75) is 0 Å². The van der Waals surface area contributed by atoms with E-state index in [-0.39, 0.29) is 62.8 Å². The van der Waals surface area contributed by atoms with Crippen molar-refractivity contribution in [3.63, 3.8) is 0 Å². The summed E-state index contributed by atoms with van der Waals surface area (Å²) in [4.78, 5) is 28.1. The first-order valence-electron chi connectivity index (χ1n) is 3.36. The molecule has 1 aromatic carbocycles. The molecule has 76 valence electrons. The van der Waals surface area contributed by atoms with E-state index < -0.39 is 12.7 Å². The monoisotopic (exact) mass is 257 g/mol. The Morgan fingerprint density at radius 1 is 1.33 bits per heavy atom. The van der Waals surface area contributed by atoms with Crippen LogP contribution >= 0.6 is 7.82 Å². The molecule has 0 saturated heterocycles. The first-order chi connectivity index (χ1) is 6.38. The number of nitro groups is 1. The molecule has 0 heterocycles. The molecule has 0 radical (unpaired) electrons. The Morgan fingerprint density at radius 3 is 2.13 bits per heavy atom. The molecule has 1 atom stereocenters. The zero-order valence-electron chi connectivity index (χ0n) is 7.69. The van der Waals surface area contributed by atoms with Gasteiger partial charge in [-0.25, -0.2) is 0 Å². The van der Waals surface area contributed by atoms with Gasteiger partial charge in [-0.3, -0.25) is 14.7 Å². The Kier molecular flexibility index (Phi) is 6.15. The van der Waals surface area contributed by atoms with Crippen LogP contribution in [0.2, 0.25) is 0 Å². The molecule has 0 bridgehead atoms. The maximum Gasteiger partial charge on any atom is 1.00 e. The van der Waals surface area contributed by atoms with Crippen molar-refractivity contribution in [3.8, 4) is 5.75 Å². The van der Waals surface area contributed by atoms with E-state index >= 15 is 0 Å². The summed E-state index contributed by atoms with van der Waals surface area (Å²) in [7, 11) is -4.85. The molecular weight excluding hydrogens is 252 g/mol. The van der Waals surface area contributed by atoms with E-state index in [1.807, 2.05) is 0 Å². The van der Waals surface area contributed by atoms with Crippen LogP contribution in [0, 0.1) is 10.1 Å². The van der Waals surface area contributed by atoms with E-state index in [1.54, 1.807) is 0 Å². The van der Waals surface area contributed by atoms with Gasteiger partial charge in [-0.1, -0.05) is 0 Å². The normalized spacial score (nSPS) is 13.5. The molecule has 1 unspecified atom stereocenters. The van der Waals surface area contributed by atoms with Crippen LogP contribution < -0.4 is 60.8 Å². The summed E-state index contributed by atoms with van der Waals surface area (Å²) in [6, 6.07) is 4.26. The largest absolute Gasteiger partial charge is 1.00 e. The van der Waals surface area contributed by atoms with E-state index in [4.69, 9.17) is 4.89 Å². The third-order valence-corrected chi connectivity index (χ3v) is 1.71. The van der Waals surface area contributed by atoms with E-state index in [2.05, 4.69) is 4.52 Å². The van der Waals surface area contributed by atoms with Gasteiger partial charge in [0.15, 0.2) is 0 Å². The van der Waals surface area contributed by atoms with Crippen molar-refractivity contribution in [3.05, 3.63) is 34.4 Å². The van der Waals surface area contributed by atoms with Gasteiger partial charge in [-0.05, 0) is 12.1 Å². The Labute approximate surface area is 127 Å². The summed E-state index contributed by atoms with van der Waals surface area (Å²) in [5, 5.41) is 10.2. The van der Waals surface area contributed by atoms with Gasteiger partial charge in [0.05, 0.1) is 4.92 Å². The van der Waals surface area contributed by atoms with E-state index in [0.717, 1.165) is 24.3 Å². The smallest absolute Gasteiger partial charge is 0.746 e.